The highest BCUT2D eigenvalue weighted by molar-refractivity contribution is 7.15. The Kier molecular flexibility index (Phi) is 6.29. The molecule has 1 amide bonds. The smallest absolute Gasteiger partial charge is 0.341 e. The van der Waals surface area contributed by atoms with Crippen LogP contribution >= 0.6 is 11.3 Å². The normalized spacial score (nSPS) is 20.3. The molecule has 2 aromatic rings. The first-order valence-corrected chi connectivity index (χ1v) is 10.1. The number of nitrogens with zero attached hydrogens (tertiary/aromatic N) is 1. The second-order valence-electron chi connectivity index (χ2n) is 7.40. The van der Waals surface area contributed by atoms with E-state index in [2.05, 4.69) is 24.1 Å². The summed E-state index contributed by atoms with van der Waals surface area (Å²) in [4.78, 5) is 27.2. The van der Waals surface area contributed by atoms with Crippen molar-refractivity contribution in [2.45, 2.75) is 20.3 Å². The number of carbonyl (C=O) groups excluding carboxylic acids is 2. The summed E-state index contributed by atoms with van der Waals surface area (Å²) in [5.41, 5.74) is 2.12. The summed E-state index contributed by atoms with van der Waals surface area (Å²) in [6.45, 7) is 6.65. The Morgan fingerprint density at radius 2 is 1.85 bits per heavy atom. The van der Waals surface area contributed by atoms with Gasteiger partial charge >= 0.3 is 5.97 Å². The van der Waals surface area contributed by atoms with Gasteiger partial charge in [0.25, 0.3) is 0 Å². The number of carbonyl (C=O) groups is 2. The first-order valence-electron chi connectivity index (χ1n) is 9.25. The third-order valence-corrected chi connectivity index (χ3v) is 5.73. The van der Waals surface area contributed by atoms with Gasteiger partial charge in [0.2, 0.25) is 5.91 Å². The molecule has 2 atom stereocenters. The maximum Gasteiger partial charge on any atom is 0.341 e. The standard InChI is InChI=1S/C21H26N2O3S/c1-14-9-15(2)11-23(10-14)12-18(24)22-20-19(21(25)26-3)17(13-27-20)16-7-5-4-6-8-16/h4-8,13-15H,9-12H2,1-3H3,(H,22,24)/t14-,15-/m0/s1. The van der Waals surface area contributed by atoms with Crippen LogP contribution in [-0.2, 0) is 9.53 Å². The van der Waals surface area contributed by atoms with E-state index >= 15 is 0 Å². The van der Waals surface area contributed by atoms with Crippen molar-refractivity contribution in [2.24, 2.45) is 11.8 Å². The predicted octanol–water partition coefficient (Wildman–Crippen LogP) is 4.12. The van der Waals surface area contributed by atoms with E-state index in [-0.39, 0.29) is 5.91 Å². The van der Waals surface area contributed by atoms with Gasteiger partial charge in [-0.25, -0.2) is 4.79 Å². The summed E-state index contributed by atoms with van der Waals surface area (Å²) in [6.07, 6.45) is 1.20. The molecule has 1 aromatic heterocycles. The fourth-order valence-electron chi connectivity index (χ4n) is 3.88. The van der Waals surface area contributed by atoms with E-state index in [9.17, 15) is 9.59 Å². The zero-order valence-electron chi connectivity index (χ0n) is 16.0. The molecule has 3 rings (SSSR count). The molecule has 27 heavy (non-hydrogen) atoms. The number of ether oxygens (including phenoxy) is 1. The summed E-state index contributed by atoms with van der Waals surface area (Å²) in [7, 11) is 1.36. The lowest BCUT2D eigenvalue weighted by atomic mass is 9.92. The Morgan fingerprint density at radius 3 is 2.48 bits per heavy atom. The molecule has 1 aromatic carbocycles. The number of anilines is 1. The number of rotatable bonds is 5. The van der Waals surface area contributed by atoms with Crippen LogP contribution in [0, 0.1) is 11.8 Å². The second kappa shape index (κ2) is 8.67. The number of piperidine rings is 1. The number of amides is 1. The van der Waals surface area contributed by atoms with Gasteiger partial charge in [-0.05, 0) is 23.8 Å². The van der Waals surface area contributed by atoms with Crippen LogP contribution in [0.2, 0.25) is 0 Å². The van der Waals surface area contributed by atoms with Crippen LogP contribution in [-0.4, -0.2) is 43.5 Å². The van der Waals surface area contributed by atoms with Crippen LogP contribution in [0.4, 0.5) is 5.00 Å². The Hall–Kier alpha value is -2.18. The Balaban J connectivity index is 1.77. The van der Waals surface area contributed by atoms with E-state index in [0.717, 1.165) is 24.2 Å². The zero-order chi connectivity index (χ0) is 19.4. The van der Waals surface area contributed by atoms with Crippen LogP contribution in [0.15, 0.2) is 35.7 Å². The molecule has 0 bridgehead atoms. The average molecular weight is 387 g/mol. The minimum atomic E-state index is -0.439. The van der Waals surface area contributed by atoms with Gasteiger partial charge in [-0.1, -0.05) is 44.2 Å². The third kappa shape index (κ3) is 4.76. The van der Waals surface area contributed by atoms with Gasteiger partial charge < -0.3 is 10.1 Å². The van der Waals surface area contributed by atoms with Gasteiger partial charge in [-0.2, -0.15) is 0 Å². The lowest BCUT2D eigenvalue weighted by molar-refractivity contribution is -0.117. The van der Waals surface area contributed by atoms with E-state index in [1.807, 2.05) is 35.7 Å². The quantitative estimate of drug-likeness (QED) is 0.786. The minimum absolute atomic E-state index is 0.0945. The molecule has 6 heteroatoms. The van der Waals surface area contributed by atoms with Crippen LogP contribution in [0.3, 0.4) is 0 Å². The monoisotopic (exact) mass is 386 g/mol. The van der Waals surface area contributed by atoms with Crippen LogP contribution in [0.1, 0.15) is 30.6 Å². The molecule has 1 fully saturated rings. The van der Waals surface area contributed by atoms with Gasteiger partial charge in [-0.15, -0.1) is 11.3 Å². The maximum atomic E-state index is 12.6. The lowest BCUT2D eigenvalue weighted by Crippen LogP contribution is -2.42. The van der Waals surface area contributed by atoms with Gasteiger partial charge in [0.15, 0.2) is 0 Å². The van der Waals surface area contributed by atoms with Crippen molar-refractivity contribution >= 4 is 28.2 Å². The molecule has 0 spiro atoms. The molecule has 1 N–H and O–H groups in total. The van der Waals surface area contributed by atoms with Gasteiger partial charge in [0, 0.05) is 24.0 Å². The average Bonchev–Trinajstić information content (AvgIpc) is 3.04. The Bertz CT molecular complexity index is 793. The number of methoxy groups -OCH3 is 1. The lowest BCUT2D eigenvalue weighted by Gasteiger charge is -2.34. The fourth-order valence-corrected chi connectivity index (χ4v) is 4.85. The third-order valence-electron chi connectivity index (χ3n) is 4.83. The van der Waals surface area contributed by atoms with E-state index in [0.29, 0.717) is 28.9 Å². The molecule has 0 unspecified atom stereocenters. The fraction of sp³-hybridized carbons (Fsp3) is 0.429. The van der Waals surface area contributed by atoms with Crippen molar-refractivity contribution in [1.29, 1.82) is 0 Å². The van der Waals surface area contributed by atoms with Crippen LogP contribution in [0.25, 0.3) is 11.1 Å². The molecule has 0 radical (unpaired) electrons. The van der Waals surface area contributed by atoms with Gasteiger partial charge in [-0.3, -0.25) is 9.69 Å². The number of hydrogen-bond acceptors (Lipinski definition) is 5. The van der Waals surface area contributed by atoms with Gasteiger partial charge in [0.05, 0.1) is 13.7 Å². The number of thiophene rings is 1. The first kappa shape index (κ1) is 19.6. The van der Waals surface area contributed by atoms with Crippen LogP contribution < -0.4 is 5.32 Å². The molecular formula is C21H26N2O3S. The minimum Gasteiger partial charge on any atom is -0.465 e. The summed E-state index contributed by atoms with van der Waals surface area (Å²) < 4.78 is 4.96. The SMILES string of the molecule is COC(=O)c1c(-c2ccccc2)csc1NC(=O)CN1C[C@@H](C)C[C@H](C)C1. The Morgan fingerprint density at radius 1 is 1.19 bits per heavy atom. The van der Waals surface area contributed by atoms with Crippen molar-refractivity contribution in [1.82, 2.24) is 4.90 Å². The second-order valence-corrected chi connectivity index (χ2v) is 8.28. The number of esters is 1. The number of likely N-dealkylation sites (tertiary alicyclic amines) is 1. The zero-order valence-corrected chi connectivity index (χ0v) is 16.8. The van der Waals surface area contributed by atoms with E-state index in [1.54, 1.807) is 0 Å². The summed E-state index contributed by atoms with van der Waals surface area (Å²) in [6, 6.07) is 9.65. The molecule has 5 nitrogen and oxygen atoms in total. The predicted molar refractivity (Wildman–Crippen MR) is 109 cm³/mol. The van der Waals surface area contributed by atoms with Crippen molar-refractivity contribution in [2.75, 3.05) is 32.1 Å². The molecule has 1 saturated heterocycles. The summed E-state index contributed by atoms with van der Waals surface area (Å²) >= 11 is 1.35. The molecule has 144 valence electrons. The van der Waals surface area contributed by atoms with E-state index < -0.39 is 5.97 Å². The molecule has 2 heterocycles. The first-order chi connectivity index (χ1) is 13.0. The van der Waals surface area contributed by atoms with Gasteiger partial charge in [0.1, 0.15) is 10.6 Å². The number of benzene rings is 1. The van der Waals surface area contributed by atoms with Crippen molar-refractivity contribution in [3.63, 3.8) is 0 Å². The molecule has 1 aliphatic rings. The van der Waals surface area contributed by atoms with Crippen molar-refractivity contribution in [3.05, 3.63) is 41.3 Å². The highest BCUT2D eigenvalue weighted by Crippen LogP contribution is 2.36. The maximum absolute atomic E-state index is 12.6. The highest BCUT2D eigenvalue weighted by Gasteiger charge is 2.25. The summed E-state index contributed by atoms with van der Waals surface area (Å²) in [5, 5.41) is 5.37. The topological polar surface area (TPSA) is 58.6 Å². The van der Waals surface area contributed by atoms with Crippen molar-refractivity contribution in [3.8, 4) is 11.1 Å². The number of hydrogen-bond donors (Lipinski definition) is 1. The van der Waals surface area contributed by atoms with Crippen LogP contribution in [0.5, 0.6) is 0 Å². The van der Waals surface area contributed by atoms with Crippen molar-refractivity contribution < 1.29 is 14.3 Å². The molecule has 0 saturated carbocycles. The molecular weight excluding hydrogens is 360 g/mol. The molecule has 0 aliphatic carbocycles. The number of nitrogens with one attached hydrogen (secondary N) is 1. The highest BCUT2D eigenvalue weighted by atomic mass is 32.1. The largest absolute Gasteiger partial charge is 0.465 e. The summed E-state index contributed by atoms with van der Waals surface area (Å²) in [5.74, 6) is 0.658. The molecule has 1 aliphatic heterocycles. The van der Waals surface area contributed by atoms with E-state index in [1.165, 1.54) is 24.9 Å². The van der Waals surface area contributed by atoms with E-state index in [4.69, 9.17) is 4.74 Å². The Labute approximate surface area is 164 Å².